The molecule has 0 rings (SSSR count). The minimum atomic E-state index is -0.420. The highest BCUT2D eigenvalue weighted by molar-refractivity contribution is 5.85. The molecular formula is C12H28ClNO3. The fourth-order valence-electron chi connectivity index (χ4n) is 1.65. The number of rotatable bonds is 8. The summed E-state index contributed by atoms with van der Waals surface area (Å²) in [6.45, 7) is 14.0. The lowest BCUT2D eigenvalue weighted by Gasteiger charge is -2.43. The van der Waals surface area contributed by atoms with E-state index in [4.69, 9.17) is 9.47 Å². The number of hydroxylamine groups is 2. The summed E-state index contributed by atoms with van der Waals surface area (Å²) in [5.74, 6) is 0. The summed E-state index contributed by atoms with van der Waals surface area (Å²) >= 11 is 0. The predicted molar refractivity (Wildman–Crippen MR) is 72.0 cm³/mol. The number of hydrogen-bond donors (Lipinski definition) is 1. The van der Waals surface area contributed by atoms with Crippen molar-refractivity contribution in [2.24, 2.45) is 0 Å². The van der Waals surface area contributed by atoms with Crippen LogP contribution in [0.1, 0.15) is 41.5 Å². The summed E-state index contributed by atoms with van der Waals surface area (Å²) in [6.07, 6.45) is 0. The zero-order valence-corrected chi connectivity index (χ0v) is 12.8. The molecule has 17 heavy (non-hydrogen) atoms. The van der Waals surface area contributed by atoms with Crippen molar-refractivity contribution in [3.8, 4) is 0 Å². The largest absolute Gasteiger partial charge is 0.380 e. The second kappa shape index (κ2) is 8.27. The van der Waals surface area contributed by atoms with Crippen LogP contribution in [0.15, 0.2) is 0 Å². The maximum Gasteiger partial charge on any atom is 0.0668 e. The summed E-state index contributed by atoms with van der Waals surface area (Å²) in [5.41, 5.74) is -0.840. The van der Waals surface area contributed by atoms with Crippen molar-refractivity contribution in [1.29, 1.82) is 0 Å². The van der Waals surface area contributed by atoms with Crippen molar-refractivity contribution < 1.29 is 14.7 Å². The zero-order chi connectivity index (χ0) is 12.8. The smallest absolute Gasteiger partial charge is 0.0668 e. The van der Waals surface area contributed by atoms with Crippen LogP contribution in [0.25, 0.3) is 0 Å². The molecule has 4 nitrogen and oxygen atoms in total. The molecule has 0 aromatic heterocycles. The molecule has 0 aromatic rings. The Morgan fingerprint density at radius 3 is 1.41 bits per heavy atom. The maximum absolute atomic E-state index is 10.2. The number of ether oxygens (including phenoxy) is 2. The molecule has 0 atom stereocenters. The van der Waals surface area contributed by atoms with E-state index in [9.17, 15) is 5.21 Å². The van der Waals surface area contributed by atoms with Crippen molar-refractivity contribution in [1.82, 2.24) is 5.06 Å². The van der Waals surface area contributed by atoms with Crippen molar-refractivity contribution >= 4 is 12.4 Å². The molecule has 0 unspecified atom stereocenters. The van der Waals surface area contributed by atoms with Crippen LogP contribution in [0.3, 0.4) is 0 Å². The van der Waals surface area contributed by atoms with Crippen LogP contribution < -0.4 is 0 Å². The normalized spacial score (nSPS) is 12.7. The van der Waals surface area contributed by atoms with Gasteiger partial charge in [0.1, 0.15) is 0 Å². The van der Waals surface area contributed by atoms with Gasteiger partial charge in [-0.1, -0.05) is 0 Å². The Bertz CT molecular complexity index is 178. The molecule has 0 spiro atoms. The third-order valence-electron chi connectivity index (χ3n) is 2.47. The highest BCUT2D eigenvalue weighted by atomic mass is 35.5. The van der Waals surface area contributed by atoms with Crippen LogP contribution in [0.5, 0.6) is 0 Å². The molecule has 0 radical (unpaired) electrons. The number of halogens is 1. The monoisotopic (exact) mass is 269 g/mol. The first-order chi connectivity index (χ1) is 7.28. The highest BCUT2D eigenvalue weighted by Gasteiger charge is 2.37. The van der Waals surface area contributed by atoms with Crippen LogP contribution in [-0.2, 0) is 9.47 Å². The third kappa shape index (κ3) is 6.58. The first-order valence-corrected chi connectivity index (χ1v) is 5.92. The average molecular weight is 270 g/mol. The fourth-order valence-corrected chi connectivity index (χ4v) is 1.65. The van der Waals surface area contributed by atoms with E-state index >= 15 is 0 Å². The van der Waals surface area contributed by atoms with Crippen LogP contribution >= 0.6 is 12.4 Å². The van der Waals surface area contributed by atoms with Crippen molar-refractivity contribution in [3.63, 3.8) is 0 Å². The minimum Gasteiger partial charge on any atom is -0.380 e. The molecule has 106 valence electrons. The molecule has 0 heterocycles. The lowest BCUT2D eigenvalue weighted by atomic mass is 9.97. The molecule has 0 aliphatic heterocycles. The van der Waals surface area contributed by atoms with E-state index in [2.05, 4.69) is 0 Å². The Hall–Kier alpha value is 0.130. The molecule has 0 aliphatic rings. The Kier molecular flexibility index (Phi) is 9.47. The first-order valence-electron chi connectivity index (χ1n) is 5.92. The lowest BCUT2D eigenvalue weighted by molar-refractivity contribution is -0.246. The molecule has 0 saturated heterocycles. The van der Waals surface area contributed by atoms with Gasteiger partial charge >= 0.3 is 0 Å². The standard InChI is InChI=1S/C12H27NO3.ClH/c1-7-15-9-11(3,4)13(14)12(5,6)10-16-8-2;/h14H,7-10H2,1-6H3;1H. The minimum absolute atomic E-state index is 0. The van der Waals surface area contributed by atoms with E-state index < -0.39 is 11.1 Å². The molecule has 0 fully saturated rings. The lowest BCUT2D eigenvalue weighted by Crippen LogP contribution is -2.57. The number of nitrogens with zero attached hydrogens (tertiary/aromatic N) is 1. The van der Waals surface area contributed by atoms with E-state index in [1.165, 1.54) is 5.06 Å². The van der Waals surface area contributed by atoms with Gasteiger partial charge in [0.05, 0.1) is 24.3 Å². The van der Waals surface area contributed by atoms with Crippen LogP contribution in [-0.4, -0.2) is 47.8 Å². The quantitative estimate of drug-likeness (QED) is 0.688. The molecular weight excluding hydrogens is 242 g/mol. The molecule has 0 aliphatic carbocycles. The van der Waals surface area contributed by atoms with Gasteiger partial charge in [0.2, 0.25) is 0 Å². The second-order valence-electron chi connectivity index (χ2n) is 5.21. The second-order valence-corrected chi connectivity index (χ2v) is 5.21. The van der Waals surface area contributed by atoms with Gasteiger partial charge in [-0.25, -0.2) is 0 Å². The topological polar surface area (TPSA) is 41.9 Å². The van der Waals surface area contributed by atoms with Gasteiger partial charge in [0.25, 0.3) is 0 Å². The average Bonchev–Trinajstić information content (AvgIpc) is 2.22. The van der Waals surface area contributed by atoms with Crippen LogP contribution in [0.2, 0.25) is 0 Å². The zero-order valence-electron chi connectivity index (χ0n) is 11.9. The Morgan fingerprint density at radius 2 is 1.18 bits per heavy atom. The third-order valence-corrected chi connectivity index (χ3v) is 2.47. The van der Waals surface area contributed by atoms with Gasteiger partial charge in [0, 0.05) is 13.2 Å². The van der Waals surface area contributed by atoms with Gasteiger partial charge in [-0.05, 0) is 41.5 Å². The fraction of sp³-hybridized carbons (Fsp3) is 1.00. The molecule has 0 saturated carbocycles. The molecule has 0 amide bonds. The van der Waals surface area contributed by atoms with Gasteiger partial charge in [0.15, 0.2) is 0 Å². The summed E-state index contributed by atoms with van der Waals surface area (Å²) in [4.78, 5) is 0. The molecule has 0 aromatic carbocycles. The molecule has 0 bridgehead atoms. The van der Waals surface area contributed by atoms with Gasteiger partial charge in [-0.15, -0.1) is 12.4 Å². The van der Waals surface area contributed by atoms with Gasteiger partial charge in [-0.3, -0.25) is 0 Å². The van der Waals surface area contributed by atoms with Crippen molar-refractivity contribution in [3.05, 3.63) is 0 Å². The van der Waals surface area contributed by atoms with E-state index in [0.717, 1.165) is 0 Å². The Morgan fingerprint density at radius 1 is 0.882 bits per heavy atom. The SMILES string of the molecule is CCOCC(C)(C)N(O)C(C)(C)COCC.Cl. The van der Waals surface area contributed by atoms with Crippen molar-refractivity contribution in [2.45, 2.75) is 52.6 Å². The summed E-state index contributed by atoms with van der Waals surface area (Å²) in [7, 11) is 0. The number of hydrogen-bond acceptors (Lipinski definition) is 4. The summed E-state index contributed by atoms with van der Waals surface area (Å²) in [6, 6.07) is 0. The summed E-state index contributed by atoms with van der Waals surface area (Å²) in [5, 5.41) is 11.6. The Balaban J connectivity index is 0. The van der Waals surface area contributed by atoms with Gasteiger partial charge in [-0.2, -0.15) is 5.06 Å². The van der Waals surface area contributed by atoms with Crippen molar-refractivity contribution in [2.75, 3.05) is 26.4 Å². The van der Waals surface area contributed by atoms with Crippen LogP contribution in [0, 0.1) is 0 Å². The van der Waals surface area contributed by atoms with E-state index in [1.807, 2.05) is 41.5 Å². The van der Waals surface area contributed by atoms with Crippen LogP contribution in [0.4, 0.5) is 0 Å². The molecule has 5 heteroatoms. The van der Waals surface area contributed by atoms with Gasteiger partial charge < -0.3 is 14.7 Å². The molecule has 1 N–H and O–H groups in total. The van der Waals surface area contributed by atoms with E-state index in [0.29, 0.717) is 26.4 Å². The maximum atomic E-state index is 10.2. The highest BCUT2D eigenvalue weighted by Crippen LogP contribution is 2.23. The van der Waals surface area contributed by atoms with E-state index in [1.54, 1.807) is 0 Å². The summed E-state index contributed by atoms with van der Waals surface area (Å²) < 4.78 is 10.8. The predicted octanol–water partition coefficient (Wildman–Crippen LogP) is 2.73. The first kappa shape index (κ1) is 19.5. The van der Waals surface area contributed by atoms with E-state index in [-0.39, 0.29) is 12.4 Å². The Labute approximate surface area is 112 Å².